The molecular weight excluding hydrogens is 322 g/mol. The molecule has 0 saturated heterocycles. The van der Waals surface area contributed by atoms with E-state index < -0.39 is 0 Å². The highest BCUT2D eigenvalue weighted by molar-refractivity contribution is 9.10. The van der Waals surface area contributed by atoms with Crippen LogP contribution in [0.1, 0.15) is 15.2 Å². The zero-order chi connectivity index (χ0) is 12.4. The summed E-state index contributed by atoms with van der Waals surface area (Å²) in [7, 11) is 0. The van der Waals surface area contributed by atoms with Gasteiger partial charge >= 0.3 is 0 Å². The Labute approximate surface area is 117 Å². The summed E-state index contributed by atoms with van der Waals surface area (Å²) in [4.78, 5) is 13.0. The lowest BCUT2D eigenvalue weighted by molar-refractivity contribution is 0.0993. The van der Waals surface area contributed by atoms with Crippen LogP contribution in [0, 0.1) is 0 Å². The fraction of sp³-hybridized carbons (Fsp3) is 0.0833. The largest absolute Gasteiger partial charge is 0.398 e. The van der Waals surface area contributed by atoms with Crippen molar-refractivity contribution in [1.29, 1.82) is 0 Å². The first-order valence-corrected chi connectivity index (χ1v) is 6.93. The molecule has 5 heteroatoms. The van der Waals surface area contributed by atoms with Crippen LogP contribution in [-0.4, -0.2) is 5.78 Å². The molecule has 0 fully saturated rings. The first kappa shape index (κ1) is 12.6. The smallest absolute Gasteiger partial charge is 0.168 e. The van der Waals surface area contributed by atoms with Gasteiger partial charge in [-0.25, -0.2) is 0 Å². The van der Waals surface area contributed by atoms with Crippen LogP contribution in [0.3, 0.4) is 0 Å². The highest BCUT2D eigenvalue weighted by Gasteiger charge is 2.11. The van der Waals surface area contributed by atoms with Crippen LogP contribution in [0.2, 0.25) is 5.02 Å². The number of hydrogen-bond donors (Lipinski definition) is 1. The number of carbonyl (C=O) groups excluding carboxylic acids is 1. The Morgan fingerprint density at radius 3 is 2.76 bits per heavy atom. The Morgan fingerprint density at radius 2 is 2.18 bits per heavy atom. The summed E-state index contributed by atoms with van der Waals surface area (Å²) in [5, 5.41) is 2.36. The fourth-order valence-corrected chi connectivity index (χ4v) is 3.07. The van der Waals surface area contributed by atoms with Gasteiger partial charge in [0.05, 0.1) is 10.7 Å². The summed E-state index contributed by atoms with van der Waals surface area (Å²) in [6.07, 6.45) is 0.374. The number of nitrogen functional groups attached to an aromatic ring is 1. The number of carbonyl (C=O) groups is 1. The minimum absolute atomic E-state index is 0.0371. The van der Waals surface area contributed by atoms with Crippen molar-refractivity contribution in [3.05, 3.63) is 49.6 Å². The Balaban J connectivity index is 2.20. The molecule has 0 aliphatic carbocycles. The Bertz CT molecular complexity index is 567. The number of anilines is 1. The highest BCUT2D eigenvalue weighted by Crippen LogP contribution is 2.25. The van der Waals surface area contributed by atoms with Crippen LogP contribution in [0.5, 0.6) is 0 Å². The third-order valence-electron chi connectivity index (χ3n) is 2.33. The van der Waals surface area contributed by atoms with Gasteiger partial charge in [0.2, 0.25) is 0 Å². The van der Waals surface area contributed by atoms with Crippen molar-refractivity contribution < 1.29 is 4.79 Å². The zero-order valence-electron chi connectivity index (χ0n) is 8.74. The molecule has 2 nitrogen and oxygen atoms in total. The SMILES string of the molecule is Nc1ccc(C(=O)Cc2sccc2Br)cc1Cl. The van der Waals surface area contributed by atoms with Gasteiger partial charge in [0.25, 0.3) is 0 Å². The van der Waals surface area contributed by atoms with Gasteiger partial charge in [0.15, 0.2) is 5.78 Å². The topological polar surface area (TPSA) is 43.1 Å². The minimum atomic E-state index is 0.0371. The van der Waals surface area contributed by atoms with Crippen LogP contribution < -0.4 is 5.73 Å². The molecule has 1 aromatic carbocycles. The first-order valence-electron chi connectivity index (χ1n) is 4.88. The Hall–Kier alpha value is -0.840. The number of rotatable bonds is 3. The van der Waals surface area contributed by atoms with E-state index in [-0.39, 0.29) is 5.78 Å². The predicted octanol–water partition coefficient (Wildman–Crippen LogP) is 4.17. The fourth-order valence-electron chi connectivity index (χ4n) is 1.40. The molecule has 2 N–H and O–H groups in total. The molecule has 2 rings (SSSR count). The summed E-state index contributed by atoms with van der Waals surface area (Å²) in [5.41, 5.74) is 6.67. The van der Waals surface area contributed by atoms with E-state index in [9.17, 15) is 4.79 Å². The monoisotopic (exact) mass is 329 g/mol. The van der Waals surface area contributed by atoms with Crippen molar-refractivity contribution in [2.45, 2.75) is 6.42 Å². The van der Waals surface area contributed by atoms with E-state index in [0.717, 1.165) is 9.35 Å². The van der Waals surface area contributed by atoms with Crippen molar-refractivity contribution in [2.24, 2.45) is 0 Å². The quantitative estimate of drug-likeness (QED) is 0.678. The minimum Gasteiger partial charge on any atom is -0.398 e. The van der Waals surface area contributed by atoms with E-state index in [1.807, 2.05) is 11.4 Å². The maximum absolute atomic E-state index is 12.0. The summed E-state index contributed by atoms with van der Waals surface area (Å²) >= 11 is 10.8. The molecular formula is C12H9BrClNOS. The Kier molecular flexibility index (Phi) is 3.86. The average Bonchev–Trinajstić information content (AvgIpc) is 2.68. The van der Waals surface area contributed by atoms with Crippen LogP contribution >= 0.6 is 38.9 Å². The number of ketones is 1. The molecule has 0 bridgehead atoms. The molecule has 17 heavy (non-hydrogen) atoms. The van der Waals surface area contributed by atoms with E-state index >= 15 is 0 Å². The number of nitrogens with two attached hydrogens (primary N) is 1. The Morgan fingerprint density at radius 1 is 1.41 bits per heavy atom. The molecule has 0 radical (unpaired) electrons. The molecule has 0 saturated carbocycles. The van der Waals surface area contributed by atoms with Gasteiger partial charge in [-0.2, -0.15) is 0 Å². The van der Waals surface area contributed by atoms with Crippen LogP contribution in [0.15, 0.2) is 34.1 Å². The second-order valence-corrected chi connectivity index (χ2v) is 5.79. The molecule has 1 aromatic heterocycles. The third kappa shape index (κ3) is 2.89. The standard InChI is InChI=1S/C12H9BrClNOS/c13-8-3-4-17-12(8)6-11(16)7-1-2-10(15)9(14)5-7/h1-5H,6,15H2. The average molecular weight is 331 g/mol. The van der Waals surface area contributed by atoms with Crippen molar-refractivity contribution in [3.8, 4) is 0 Å². The first-order chi connectivity index (χ1) is 8.08. The van der Waals surface area contributed by atoms with Crippen molar-refractivity contribution in [2.75, 3.05) is 5.73 Å². The van der Waals surface area contributed by atoms with Crippen LogP contribution in [0.4, 0.5) is 5.69 Å². The zero-order valence-corrected chi connectivity index (χ0v) is 11.9. The maximum Gasteiger partial charge on any atom is 0.168 e. The van der Waals surface area contributed by atoms with E-state index in [2.05, 4.69) is 15.9 Å². The van der Waals surface area contributed by atoms with Crippen molar-refractivity contribution >= 4 is 50.3 Å². The number of benzene rings is 1. The number of halogens is 2. The normalized spacial score (nSPS) is 10.5. The lowest BCUT2D eigenvalue weighted by Gasteiger charge is -2.03. The second-order valence-electron chi connectivity index (χ2n) is 3.53. The molecule has 0 unspecified atom stereocenters. The van der Waals surface area contributed by atoms with E-state index in [1.54, 1.807) is 29.5 Å². The molecule has 0 amide bonds. The molecule has 1 heterocycles. The van der Waals surface area contributed by atoms with E-state index in [4.69, 9.17) is 17.3 Å². The van der Waals surface area contributed by atoms with Crippen molar-refractivity contribution in [1.82, 2.24) is 0 Å². The summed E-state index contributed by atoms with van der Waals surface area (Å²) < 4.78 is 0.970. The molecule has 2 aromatic rings. The van der Waals surface area contributed by atoms with Crippen LogP contribution in [-0.2, 0) is 6.42 Å². The van der Waals surface area contributed by atoms with Gasteiger partial charge < -0.3 is 5.73 Å². The molecule has 0 aliphatic rings. The van der Waals surface area contributed by atoms with Gasteiger partial charge in [-0.15, -0.1) is 11.3 Å². The number of hydrogen-bond acceptors (Lipinski definition) is 3. The molecule has 88 valence electrons. The van der Waals surface area contributed by atoms with Gasteiger partial charge in [0, 0.05) is 21.3 Å². The molecule has 0 atom stereocenters. The third-order valence-corrected chi connectivity index (χ3v) is 4.59. The molecule has 0 spiro atoms. The van der Waals surface area contributed by atoms with Gasteiger partial charge in [0.1, 0.15) is 0 Å². The van der Waals surface area contributed by atoms with Crippen LogP contribution in [0.25, 0.3) is 0 Å². The van der Waals surface area contributed by atoms with Gasteiger partial charge in [-0.1, -0.05) is 11.6 Å². The van der Waals surface area contributed by atoms with E-state index in [1.165, 1.54) is 0 Å². The summed E-state index contributed by atoms with van der Waals surface area (Å²) in [5.74, 6) is 0.0371. The summed E-state index contributed by atoms with van der Waals surface area (Å²) in [6.45, 7) is 0. The van der Waals surface area contributed by atoms with Gasteiger partial charge in [-0.05, 0) is 45.6 Å². The number of thiophene rings is 1. The van der Waals surface area contributed by atoms with Gasteiger partial charge in [-0.3, -0.25) is 4.79 Å². The predicted molar refractivity (Wildman–Crippen MR) is 75.9 cm³/mol. The van der Waals surface area contributed by atoms with E-state index in [0.29, 0.717) is 22.7 Å². The molecule has 0 aliphatic heterocycles. The second kappa shape index (κ2) is 5.21. The number of Topliss-reactive ketones (excluding diaryl/α,β-unsaturated/α-hetero) is 1. The lowest BCUT2D eigenvalue weighted by atomic mass is 10.1. The lowest BCUT2D eigenvalue weighted by Crippen LogP contribution is -2.03. The summed E-state index contributed by atoms with van der Waals surface area (Å²) in [6, 6.07) is 6.90. The maximum atomic E-state index is 12.0. The van der Waals surface area contributed by atoms with Crippen molar-refractivity contribution in [3.63, 3.8) is 0 Å². The highest BCUT2D eigenvalue weighted by atomic mass is 79.9.